The zero-order valence-corrected chi connectivity index (χ0v) is 14.0. The predicted octanol–water partition coefficient (Wildman–Crippen LogP) is 2.69. The van der Waals surface area contributed by atoms with Gasteiger partial charge in [0.1, 0.15) is 0 Å². The molecule has 1 amide bonds. The molecule has 1 aliphatic rings. The van der Waals surface area contributed by atoms with Crippen molar-refractivity contribution in [1.29, 1.82) is 0 Å². The van der Waals surface area contributed by atoms with Gasteiger partial charge in [-0.1, -0.05) is 31.2 Å². The number of amides is 1. The Labute approximate surface area is 140 Å². The van der Waals surface area contributed by atoms with Gasteiger partial charge < -0.3 is 15.4 Å². The topological polar surface area (TPSA) is 63.2 Å². The van der Waals surface area contributed by atoms with Crippen LogP contribution in [0.5, 0.6) is 0 Å². The molecule has 2 aromatic rings. The molecular formula is C17H21N3O2S. The van der Waals surface area contributed by atoms with Gasteiger partial charge in [-0.25, -0.2) is 4.98 Å². The van der Waals surface area contributed by atoms with Gasteiger partial charge in [0.05, 0.1) is 18.9 Å². The molecule has 2 heterocycles. The molecule has 5 nitrogen and oxygen atoms in total. The van der Waals surface area contributed by atoms with Crippen LogP contribution in [-0.4, -0.2) is 36.7 Å². The van der Waals surface area contributed by atoms with Crippen LogP contribution < -0.4 is 10.6 Å². The van der Waals surface area contributed by atoms with E-state index in [-0.39, 0.29) is 11.9 Å². The number of nitrogens with zero attached hydrogens (tertiary/aromatic N) is 1. The van der Waals surface area contributed by atoms with Crippen molar-refractivity contribution in [3.63, 3.8) is 0 Å². The van der Waals surface area contributed by atoms with Gasteiger partial charge in [-0.15, -0.1) is 11.3 Å². The zero-order valence-electron chi connectivity index (χ0n) is 13.2. The minimum atomic E-state index is -0.0322. The van der Waals surface area contributed by atoms with Crippen molar-refractivity contribution in [3.8, 4) is 11.3 Å². The Morgan fingerprint density at radius 3 is 2.96 bits per heavy atom. The normalized spacial score (nSPS) is 17.9. The molecule has 1 atom stereocenters. The molecule has 0 saturated carbocycles. The molecular weight excluding hydrogens is 310 g/mol. The largest absolute Gasteiger partial charge is 0.378 e. The summed E-state index contributed by atoms with van der Waals surface area (Å²) >= 11 is 1.45. The molecule has 23 heavy (non-hydrogen) atoms. The Kier molecular flexibility index (Phi) is 5.38. The van der Waals surface area contributed by atoms with Crippen molar-refractivity contribution in [2.75, 3.05) is 25.1 Å². The molecule has 0 aliphatic carbocycles. The van der Waals surface area contributed by atoms with Gasteiger partial charge in [-0.05, 0) is 12.0 Å². The highest BCUT2D eigenvalue weighted by atomic mass is 32.1. The number of carbonyl (C=O) groups is 1. The molecule has 0 radical (unpaired) electrons. The number of benzene rings is 1. The fourth-order valence-corrected chi connectivity index (χ4v) is 3.26. The van der Waals surface area contributed by atoms with Gasteiger partial charge in [0.2, 0.25) is 5.91 Å². The lowest BCUT2D eigenvalue weighted by Crippen LogP contribution is -2.43. The van der Waals surface area contributed by atoms with Crippen molar-refractivity contribution >= 4 is 22.4 Å². The smallest absolute Gasteiger partial charge is 0.227 e. The number of hydrogen-bond donors (Lipinski definition) is 2. The van der Waals surface area contributed by atoms with Crippen LogP contribution in [0.25, 0.3) is 11.3 Å². The first-order valence-electron chi connectivity index (χ1n) is 7.90. The molecule has 3 rings (SSSR count). The number of thiazole rings is 1. The summed E-state index contributed by atoms with van der Waals surface area (Å²) in [5, 5.41) is 8.76. The molecule has 0 bridgehead atoms. The standard InChI is InChI=1S/C17H21N3O2S/c1-2-12-3-5-13(6-4-12)15-11-23-17(19-15)20-16(21)9-14-10-22-8-7-18-14/h3-6,11,14,18H,2,7-10H2,1H3,(H,19,20,21). The highest BCUT2D eigenvalue weighted by molar-refractivity contribution is 7.14. The lowest BCUT2D eigenvalue weighted by atomic mass is 10.1. The van der Waals surface area contributed by atoms with Crippen LogP contribution in [0, 0.1) is 0 Å². The van der Waals surface area contributed by atoms with Gasteiger partial charge in [0.25, 0.3) is 0 Å². The highest BCUT2D eigenvalue weighted by Crippen LogP contribution is 2.25. The molecule has 1 unspecified atom stereocenters. The Hall–Kier alpha value is -1.76. The molecule has 1 fully saturated rings. The Balaban J connectivity index is 1.58. The van der Waals surface area contributed by atoms with E-state index in [1.165, 1.54) is 16.9 Å². The molecule has 1 aromatic carbocycles. The SMILES string of the molecule is CCc1ccc(-c2csc(NC(=O)CC3COCCN3)n2)cc1. The van der Waals surface area contributed by atoms with Crippen molar-refractivity contribution in [2.24, 2.45) is 0 Å². The number of carbonyl (C=O) groups excluding carboxylic acids is 1. The van der Waals surface area contributed by atoms with Crippen molar-refractivity contribution in [2.45, 2.75) is 25.8 Å². The Morgan fingerprint density at radius 1 is 1.43 bits per heavy atom. The molecule has 6 heteroatoms. The minimum absolute atomic E-state index is 0.0322. The fourth-order valence-electron chi connectivity index (χ4n) is 2.52. The first-order chi connectivity index (χ1) is 11.2. The van der Waals surface area contributed by atoms with Gasteiger partial charge in [0, 0.05) is 30.0 Å². The lowest BCUT2D eigenvalue weighted by molar-refractivity contribution is -0.117. The van der Waals surface area contributed by atoms with Crippen LogP contribution in [0.15, 0.2) is 29.6 Å². The van der Waals surface area contributed by atoms with Crippen molar-refractivity contribution < 1.29 is 9.53 Å². The molecule has 2 N–H and O–H groups in total. The number of aryl methyl sites for hydroxylation is 1. The molecule has 1 aromatic heterocycles. The third-order valence-corrected chi connectivity index (χ3v) is 4.60. The lowest BCUT2D eigenvalue weighted by Gasteiger charge is -2.22. The van der Waals surface area contributed by atoms with E-state index >= 15 is 0 Å². The average Bonchev–Trinajstić information content (AvgIpc) is 3.04. The summed E-state index contributed by atoms with van der Waals surface area (Å²) in [6, 6.07) is 8.46. The maximum absolute atomic E-state index is 12.1. The van der Waals surface area contributed by atoms with Crippen LogP contribution in [0.4, 0.5) is 5.13 Å². The van der Waals surface area contributed by atoms with E-state index in [0.717, 1.165) is 24.2 Å². The fraction of sp³-hybridized carbons (Fsp3) is 0.412. The maximum atomic E-state index is 12.1. The van der Waals surface area contributed by atoms with E-state index in [1.54, 1.807) is 0 Å². The second-order valence-corrected chi connectivity index (χ2v) is 6.42. The number of ether oxygens (including phenoxy) is 1. The summed E-state index contributed by atoms with van der Waals surface area (Å²) in [4.78, 5) is 16.6. The van der Waals surface area contributed by atoms with Gasteiger partial charge in [-0.3, -0.25) is 4.79 Å². The van der Waals surface area contributed by atoms with Crippen LogP contribution in [0.1, 0.15) is 18.9 Å². The number of nitrogens with one attached hydrogen (secondary N) is 2. The van der Waals surface area contributed by atoms with Gasteiger partial charge in [0.15, 0.2) is 5.13 Å². The minimum Gasteiger partial charge on any atom is -0.378 e. The van der Waals surface area contributed by atoms with Gasteiger partial charge >= 0.3 is 0 Å². The van der Waals surface area contributed by atoms with E-state index in [1.807, 2.05) is 5.38 Å². The average molecular weight is 331 g/mol. The Morgan fingerprint density at radius 2 is 2.26 bits per heavy atom. The second kappa shape index (κ2) is 7.68. The number of aromatic nitrogens is 1. The third kappa shape index (κ3) is 4.37. The Bertz CT molecular complexity index is 648. The van der Waals surface area contributed by atoms with E-state index in [4.69, 9.17) is 4.74 Å². The van der Waals surface area contributed by atoms with Crippen LogP contribution in [0.2, 0.25) is 0 Å². The molecule has 1 aliphatic heterocycles. The quantitative estimate of drug-likeness (QED) is 0.884. The van der Waals surface area contributed by atoms with Crippen molar-refractivity contribution in [1.82, 2.24) is 10.3 Å². The number of hydrogen-bond acceptors (Lipinski definition) is 5. The third-order valence-electron chi connectivity index (χ3n) is 3.84. The van der Waals surface area contributed by atoms with Crippen LogP contribution in [0.3, 0.4) is 0 Å². The second-order valence-electron chi connectivity index (χ2n) is 5.57. The van der Waals surface area contributed by atoms with E-state index in [0.29, 0.717) is 24.8 Å². The van der Waals surface area contributed by atoms with E-state index in [2.05, 4.69) is 46.8 Å². The zero-order chi connectivity index (χ0) is 16.1. The van der Waals surface area contributed by atoms with E-state index < -0.39 is 0 Å². The summed E-state index contributed by atoms with van der Waals surface area (Å²) in [5.41, 5.74) is 3.27. The summed E-state index contributed by atoms with van der Waals surface area (Å²) < 4.78 is 5.36. The maximum Gasteiger partial charge on any atom is 0.227 e. The predicted molar refractivity (Wildman–Crippen MR) is 92.8 cm³/mol. The summed E-state index contributed by atoms with van der Waals surface area (Å²) in [6.07, 6.45) is 1.43. The number of rotatable bonds is 5. The first-order valence-corrected chi connectivity index (χ1v) is 8.78. The number of anilines is 1. The summed E-state index contributed by atoms with van der Waals surface area (Å²) in [7, 11) is 0. The molecule has 0 spiro atoms. The van der Waals surface area contributed by atoms with Crippen LogP contribution >= 0.6 is 11.3 Å². The van der Waals surface area contributed by atoms with E-state index in [9.17, 15) is 4.79 Å². The summed E-state index contributed by atoms with van der Waals surface area (Å²) in [6.45, 7) is 4.23. The van der Waals surface area contributed by atoms with Crippen LogP contribution in [-0.2, 0) is 16.0 Å². The van der Waals surface area contributed by atoms with Gasteiger partial charge in [-0.2, -0.15) is 0 Å². The first kappa shape index (κ1) is 16.1. The number of morpholine rings is 1. The molecule has 1 saturated heterocycles. The molecule has 122 valence electrons. The van der Waals surface area contributed by atoms with Crippen molar-refractivity contribution in [3.05, 3.63) is 35.2 Å². The highest BCUT2D eigenvalue weighted by Gasteiger charge is 2.17. The summed E-state index contributed by atoms with van der Waals surface area (Å²) in [5.74, 6) is -0.0322. The monoisotopic (exact) mass is 331 g/mol.